The minimum atomic E-state index is -2.41. The summed E-state index contributed by atoms with van der Waals surface area (Å²) in [7, 11) is 0. The molecule has 0 saturated carbocycles. The van der Waals surface area contributed by atoms with Crippen molar-refractivity contribution in [2.75, 3.05) is 13.2 Å². The summed E-state index contributed by atoms with van der Waals surface area (Å²) in [5.41, 5.74) is -2.67. The predicted octanol–water partition coefficient (Wildman–Crippen LogP) is 6.45. The molecule has 1 aromatic carbocycles. The largest absolute Gasteiger partial charge is 0.508 e. The first-order chi connectivity index (χ1) is 23.6. The molecule has 11 heteroatoms. The van der Waals surface area contributed by atoms with Crippen LogP contribution in [0.1, 0.15) is 131 Å². The van der Waals surface area contributed by atoms with Crippen LogP contribution in [-0.2, 0) is 44.6 Å². The summed E-state index contributed by atoms with van der Waals surface area (Å²) in [6.07, 6.45) is 13.7. The van der Waals surface area contributed by atoms with E-state index in [0.29, 0.717) is 25.0 Å². The van der Waals surface area contributed by atoms with Crippen LogP contribution >= 0.6 is 0 Å². The summed E-state index contributed by atoms with van der Waals surface area (Å²) in [6.45, 7) is 8.99. The van der Waals surface area contributed by atoms with E-state index < -0.39 is 53.4 Å². The number of carbonyl (C=O) groups excluding carboxylic acids is 5. The van der Waals surface area contributed by atoms with E-state index >= 15 is 0 Å². The molecule has 0 fully saturated rings. The molecule has 0 aliphatic rings. The summed E-state index contributed by atoms with van der Waals surface area (Å²) < 4.78 is 15.8. The molecular weight excluding hydrogens is 642 g/mol. The number of esters is 3. The Morgan fingerprint density at radius 3 is 1.98 bits per heavy atom. The van der Waals surface area contributed by atoms with Crippen molar-refractivity contribution in [3.63, 3.8) is 0 Å². The number of nitrogens with one attached hydrogen (secondary N) is 1. The quantitative estimate of drug-likeness (QED) is 0.0446. The fourth-order valence-corrected chi connectivity index (χ4v) is 5.36. The molecule has 0 aromatic heterocycles. The number of amides is 1. The highest BCUT2D eigenvalue weighted by Gasteiger charge is 2.49. The molecular formula is C39H61NO10. The number of ether oxygens (including phenoxy) is 3. The maximum atomic E-state index is 14.0. The molecule has 3 N–H and O–H groups in total. The van der Waals surface area contributed by atoms with E-state index in [2.05, 4.69) is 12.2 Å². The SMILES string of the molecule is CCCCCCCC(=O)CCCCCC/C=C/[C@H](C(=O)N[C@H](COC(C)=O)Cc1ccc(O)cc1)[C@@](O)(CCOC(C)=O)C(=O)OC(C)(C)C. The number of hydrogen-bond donors (Lipinski definition) is 3. The molecule has 0 bridgehead atoms. The topological polar surface area (TPSA) is 166 Å². The van der Waals surface area contributed by atoms with Gasteiger partial charge in [0.05, 0.1) is 18.6 Å². The molecule has 0 spiro atoms. The van der Waals surface area contributed by atoms with Crippen molar-refractivity contribution in [2.45, 2.75) is 149 Å². The predicted molar refractivity (Wildman–Crippen MR) is 191 cm³/mol. The first kappa shape index (κ1) is 44.3. The van der Waals surface area contributed by atoms with Crippen LogP contribution in [0.25, 0.3) is 0 Å². The van der Waals surface area contributed by atoms with Gasteiger partial charge in [0.15, 0.2) is 5.60 Å². The summed E-state index contributed by atoms with van der Waals surface area (Å²) in [6, 6.07) is 5.58. The summed E-state index contributed by atoms with van der Waals surface area (Å²) >= 11 is 0. The molecule has 0 radical (unpaired) electrons. The van der Waals surface area contributed by atoms with Gasteiger partial charge in [0.2, 0.25) is 5.91 Å². The van der Waals surface area contributed by atoms with Gasteiger partial charge in [0.25, 0.3) is 0 Å². The Morgan fingerprint density at radius 2 is 1.42 bits per heavy atom. The van der Waals surface area contributed by atoms with Gasteiger partial charge in [-0.25, -0.2) is 4.79 Å². The van der Waals surface area contributed by atoms with Gasteiger partial charge in [0.1, 0.15) is 23.7 Å². The maximum absolute atomic E-state index is 14.0. The third-order valence-corrected chi connectivity index (χ3v) is 8.05. The smallest absolute Gasteiger partial charge is 0.339 e. The lowest BCUT2D eigenvalue weighted by Gasteiger charge is -2.35. The van der Waals surface area contributed by atoms with Crippen LogP contribution in [0.2, 0.25) is 0 Å². The number of phenolic OH excluding ortho intramolecular Hbond substituents is 1. The molecule has 1 amide bonds. The molecule has 282 valence electrons. The second kappa shape index (κ2) is 23.6. The zero-order chi connectivity index (χ0) is 37.6. The van der Waals surface area contributed by atoms with Crippen molar-refractivity contribution < 1.29 is 48.4 Å². The Balaban J connectivity index is 3.12. The number of aromatic hydroxyl groups is 1. The van der Waals surface area contributed by atoms with Crippen molar-refractivity contribution in [1.82, 2.24) is 5.32 Å². The maximum Gasteiger partial charge on any atom is 0.339 e. The van der Waals surface area contributed by atoms with Gasteiger partial charge in [-0.1, -0.05) is 69.7 Å². The average Bonchev–Trinajstić information content (AvgIpc) is 3.02. The highest BCUT2D eigenvalue weighted by atomic mass is 16.6. The number of phenols is 1. The Hall–Kier alpha value is -3.73. The minimum Gasteiger partial charge on any atom is -0.508 e. The number of allylic oxidation sites excluding steroid dienone is 1. The number of ketones is 1. The fraction of sp³-hybridized carbons (Fsp3) is 0.667. The lowest BCUT2D eigenvalue weighted by atomic mass is 9.82. The first-order valence-electron chi connectivity index (χ1n) is 18.1. The van der Waals surface area contributed by atoms with E-state index in [-0.39, 0.29) is 25.4 Å². The van der Waals surface area contributed by atoms with Crippen molar-refractivity contribution in [3.05, 3.63) is 42.0 Å². The molecule has 0 heterocycles. The number of aliphatic hydroxyl groups is 1. The highest BCUT2D eigenvalue weighted by molar-refractivity contribution is 5.91. The van der Waals surface area contributed by atoms with Crippen LogP contribution in [0.4, 0.5) is 0 Å². The van der Waals surface area contributed by atoms with Gasteiger partial charge in [0, 0.05) is 33.1 Å². The van der Waals surface area contributed by atoms with Gasteiger partial charge in [-0.2, -0.15) is 0 Å². The summed E-state index contributed by atoms with van der Waals surface area (Å²) in [4.78, 5) is 63.0. The van der Waals surface area contributed by atoms with E-state index in [9.17, 15) is 34.2 Å². The molecule has 0 saturated heterocycles. The van der Waals surface area contributed by atoms with Gasteiger partial charge >= 0.3 is 17.9 Å². The Bertz CT molecular complexity index is 1220. The van der Waals surface area contributed by atoms with Crippen LogP contribution in [-0.4, -0.2) is 70.3 Å². The third kappa shape index (κ3) is 19.5. The monoisotopic (exact) mass is 703 g/mol. The van der Waals surface area contributed by atoms with E-state index in [4.69, 9.17) is 14.2 Å². The number of unbranched alkanes of at least 4 members (excludes halogenated alkanes) is 8. The van der Waals surface area contributed by atoms with Gasteiger partial charge in [-0.05, 0) is 70.6 Å². The standard InChI is InChI=1S/C39H61NO10/c1-7-8-9-12-15-18-33(43)19-16-13-10-11-14-17-20-35(39(47,25-26-48-29(2)41)37(46)50-38(4,5)6)36(45)40-32(28-49-30(3)42)27-31-21-23-34(44)24-22-31/h17,20-24,32,35,44,47H,7-16,18-19,25-28H2,1-6H3,(H,40,45)/b20-17+/t32-,35+,39-/m0/s1. The zero-order valence-electron chi connectivity index (χ0n) is 31.1. The highest BCUT2D eigenvalue weighted by Crippen LogP contribution is 2.29. The molecule has 1 aromatic rings. The first-order valence-corrected chi connectivity index (χ1v) is 18.1. The van der Waals surface area contributed by atoms with Crippen molar-refractivity contribution in [2.24, 2.45) is 5.92 Å². The third-order valence-electron chi connectivity index (χ3n) is 8.05. The fourth-order valence-electron chi connectivity index (χ4n) is 5.36. The number of hydrogen-bond acceptors (Lipinski definition) is 10. The van der Waals surface area contributed by atoms with Gasteiger partial charge < -0.3 is 29.7 Å². The lowest BCUT2D eigenvalue weighted by Crippen LogP contribution is -2.56. The molecule has 0 unspecified atom stereocenters. The number of rotatable bonds is 25. The normalized spacial score (nSPS) is 14.0. The van der Waals surface area contributed by atoms with E-state index in [1.165, 1.54) is 51.3 Å². The molecule has 11 nitrogen and oxygen atoms in total. The van der Waals surface area contributed by atoms with Crippen molar-refractivity contribution >= 4 is 29.6 Å². The van der Waals surface area contributed by atoms with Crippen LogP contribution in [0, 0.1) is 5.92 Å². The van der Waals surface area contributed by atoms with Gasteiger partial charge in [-0.3, -0.25) is 19.2 Å². The number of Topliss-reactive ketones (excluding diaryl/α,β-unsaturated/α-hetero) is 1. The Morgan fingerprint density at radius 1 is 0.840 bits per heavy atom. The number of carbonyl (C=O) groups is 5. The van der Waals surface area contributed by atoms with Crippen LogP contribution in [0.3, 0.4) is 0 Å². The van der Waals surface area contributed by atoms with E-state index in [1.54, 1.807) is 39.0 Å². The minimum absolute atomic E-state index is 0.0661. The van der Waals surface area contributed by atoms with Gasteiger partial charge in [-0.15, -0.1) is 0 Å². The van der Waals surface area contributed by atoms with Crippen molar-refractivity contribution in [1.29, 1.82) is 0 Å². The molecule has 0 aliphatic heterocycles. The Kier molecular flexibility index (Phi) is 20.9. The molecule has 0 aliphatic carbocycles. The summed E-state index contributed by atoms with van der Waals surface area (Å²) in [5, 5.41) is 24.5. The van der Waals surface area contributed by atoms with E-state index in [0.717, 1.165) is 44.1 Å². The number of benzene rings is 1. The molecule has 50 heavy (non-hydrogen) atoms. The van der Waals surface area contributed by atoms with Crippen molar-refractivity contribution in [3.8, 4) is 5.75 Å². The molecule has 3 atom stereocenters. The average molecular weight is 704 g/mol. The van der Waals surface area contributed by atoms with Crippen LogP contribution < -0.4 is 5.32 Å². The molecule has 1 rings (SSSR count). The second-order valence-electron chi connectivity index (χ2n) is 14.0. The Labute approximate surface area is 298 Å². The van der Waals surface area contributed by atoms with Crippen LogP contribution in [0.5, 0.6) is 5.75 Å². The van der Waals surface area contributed by atoms with Crippen LogP contribution in [0.15, 0.2) is 36.4 Å². The zero-order valence-corrected chi connectivity index (χ0v) is 31.1. The second-order valence-corrected chi connectivity index (χ2v) is 14.0. The lowest BCUT2D eigenvalue weighted by molar-refractivity contribution is -0.186. The summed E-state index contributed by atoms with van der Waals surface area (Å²) in [5.74, 6) is -4.02. The van der Waals surface area contributed by atoms with E-state index in [1.807, 2.05) is 0 Å².